The van der Waals surface area contributed by atoms with E-state index in [0.29, 0.717) is 35.1 Å². The number of carbonyl (C=O) groups is 2. The molecule has 1 fully saturated rings. The Morgan fingerprint density at radius 1 is 1.06 bits per heavy atom. The number of likely N-dealkylation sites (tertiary alicyclic amines) is 1. The van der Waals surface area contributed by atoms with Gasteiger partial charge in [-0.2, -0.15) is 5.10 Å². The monoisotopic (exact) mass is 456 g/mol. The summed E-state index contributed by atoms with van der Waals surface area (Å²) in [5.74, 6) is 0.168. The maximum atomic E-state index is 13.0. The SMILES string of the molecule is Cc1ccc(C(=O)N2CC(c3ccc(-c4cnn(C)c4)cc3)C2)cc1NC(=O)c1cccs1. The van der Waals surface area contributed by atoms with Crippen molar-refractivity contribution in [2.75, 3.05) is 18.4 Å². The number of anilines is 1. The lowest BCUT2D eigenvalue weighted by atomic mass is 9.90. The number of nitrogens with zero attached hydrogens (tertiary/aromatic N) is 3. The minimum Gasteiger partial charge on any atom is -0.337 e. The molecule has 166 valence electrons. The van der Waals surface area contributed by atoms with Crippen LogP contribution in [0.3, 0.4) is 0 Å². The second-order valence-corrected chi connectivity index (χ2v) is 9.34. The summed E-state index contributed by atoms with van der Waals surface area (Å²) in [7, 11) is 1.91. The van der Waals surface area contributed by atoms with Gasteiger partial charge in [0.05, 0.1) is 11.1 Å². The topological polar surface area (TPSA) is 67.2 Å². The molecule has 0 atom stereocenters. The third kappa shape index (κ3) is 4.32. The maximum Gasteiger partial charge on any atom is 0.265 e. The van der Waals surface area contributed by atoms with Crippen LogP contribution in [0.25, 0.3) is 11.1 Å². The van der Waals surface area contributed by atoms with Gasteiger partial charge in [-0.25, -0.2) is 0 Å². The van der Waals surface area contributed by atoms with E-state index in [1.54, 1.807) is 16.8 Å². The van der Waals surface area contributed by atoms with Crippen LogP contribution in [-0.2, 0) is 7.05 Å². The average molecular weight is 457 g/mol. The molecule has 0 unspecified atom stereocenters. The molecule has 0 aliphatic carbocycles. The first-order chi connectivity index (χ1) is 16.0. The fourth-order valence-electron chi connectivity index (χ4n) is 4.04. The predicted molar refractivity (Wildman–Crippen MR) is 131 cm³/mol. The Labute approximate surface area is 196 Å². The summed E-state index contributed by atoms with van der Waals surface area (Å²) in [6.45, 7) is 3.30. The number of hydrogen-bond acceptors (Lipinski definition) is 4. The Balaban J connectivity index is 1.23. The van der Waals surface area contributed by atoms with Crippen LogP contribution in [0.4, 0.5) is 5.69 Å². The first-order valence-corrected chi connectivity index (χ1v) is 11.7. The van der Waals surface area contributed by atoms with Crippen molar-refractivity contribution >= 4 is 28.8 Å². The second-order valence-electron chi connectivity index (χ2n) is 8.39. The van der Waals surface area contributed by atoms with Crippen LogP contribution in [0.5, 0.6) is 0 Å². The van der Waals surface area contributed by atoms with E-state index in [1.807, 2.05) is 54.8 Å². The molecule has 1 saturated heterocycles. The van der Waals surface area contributed by atoms with Gasteiger partial charge in [-0.1, -0.05) is 36.4 Å². The first-order valence-electron chi connectivity index (χ1n) is 10.8. The molecule has 7 heteroatoms. The van der Waals surface area contributed by atoms with E-state index in [9.17, 15) is 9.59 Å². The first kappa shape index (κ1) is 21.2. The number of benzene rings is 2. The van der Waals surface area contributed by atoms with Crippen LogP contribution >= 0.6 is 11.3 Å². The molecule has 2 aromatic heterocycles. The van der Waals surface area contributed by atoms with E-state index in [4.69, 9.17) is 0 Å². The highest BCUT2D eigenvalue weighted by Crippen LogP contribution is 2.31. The van der Waals surface area contributed by atoms with Crippen LogP contribution in [0.1, 0.15) is 37.1 Å². The number of amides is 2. The number of hydrogen-bond donors (Lipinski definition) is 1. The van der Waals surface area contributed by atoms with Gasteiger partial charge >= 0.3 is 0 Å². The van der Waals surface area contributed by atoms with Crippen molar-refractivity contribution in [3.63, 3.8) is 0 Å². The van der Waals surface area contributed by atoms with Crippen molar-refractivity contribution < 1.29 is 9.59 Å². The number of aromatic nitrogens is 2. The molecule has 0 spiro atoms. The Hall–Kier alpha value is -3.71. The standard InChI is InChI=1S/C26H24N4O2S/c1-17-5-6-20(12-23(17)28-25(31)24-4-3-11-33-24)26(32)30-15-22(16-30)19-9-7-18(8-10-19)21-13-27-29(2)14-21/h3-14,22H,15-16H2,1-2H3,(H,28,31). The van der Waals surface area contributed by atoms with Gasteiger partial charge < -0.3 is 10.2 Å². The molecular formula is C26H24N4O2S. The molecule has 3 heterocycles. The summed E-state index contributed by atoms with van der Waals surface area (Å²) in [5.41, 5.74) is 5.65. The molecule has 4 aromatic rings. The highest BCUT2D eigenvalue weighted by Gasteiger charge is 2.32. The van der Waals surface area contributed by atoms with Crippen LogP contribution in [0, 0.1) is 6.92 Å². The van der Waals surface area contributed by atoms with Gasteiger partial charge in [0.2, 0.25) is 0 Å². The molecule has 0 saturated carbocycles. The number of rotatable bonds is 5. The molecular weight excluding hydrogens is 432 g/mol. The fraction of sp³-hybridized carbons (Fsp3) is 0.192. The van der Waals surface area contributed by atoms with Crippen LogP contribution in [0.2, 0.25) is 0 Å². The van der Waals surface area contributed by atoms with Crippen molar-refractivity contribution in [3.05, 3.63) is 93.9 Å². The van der Waals surface area contributed by atoms with E-state index in [0.717, 1.165) is 16.7 Å². The highest BCUT2D eigenvalue weighted by molar-refractivity contribution is 7.12. The lowest BCUT2D eigenvalue weighted by molar-refractivity contribution is 0.0602. The van der Waals surface area contributed by atoms with Gasteiger partial charge in [0, 0.05) is 49.1 Å². The smallest absolute Gasteiger partial charge is 0.265 e. The minimum absolute atomic E-state index is 0.00940. The lowest BCUT2D eigenvalue weighted by Crippen LogP contribution is -2.48. The van der Waals surface area contributed by atoms with Gasteiger partial charge in [-0.05, 0) is 47.2 Å². The van der Waals surface area contributed by atoms with Gasteiger partial charge in [0.1, 0.15) is 0 Å². The molecule has 1 aliphatic rings. The highest BCUT2D eigenvalue weighted by atomic mass is 32.1. The van der Waals surface area contributed by atoms with Gasteiger partial charge in [0.15, 0.2) is 0 Å². The zero-order valence-corrected chi connectivity index (χ0v) is 19.3. The molecule has 2 amide bonds. The molecule has 0 bridgehead atoms. The van der Waals surface area contributed by atoms with E-state index >= 15 is 0 Å². The van der Waals surface area contributed by atoms with Gasteiger partial charge in [-0.15, -0.1) is 11.3 Å². The lowest BCUT2D eigenvalue weighted by Gasteiger charge is -2.39. The van der Waals surface area contributed by atoms with Crippen molar-refractivity contribution in [1.29, 1.82) is 0 Å². The summed E-state index contributed by atoms with van der Waals surface area (Å²) in [6, 6.07) is 17.6. The van der Waals surface area contributed by atoms with E-state index in [1.165, 1.54) is 16.9 Å². The zero-order chi connectivity index (χ0) is 22.9. The molecule has 33 heavy (non-hydrogen) atoms. The summed E-state index contributed by atoms with van der Waals surface area (Å²) in [4.78, 5) is 28.0. The summed E-state index contributed by atoms with van der Waals surface area (Å²) >= 11 is 1.39. The summed E-state index contributed by atoms with van der Waals surface area (Å²) < 4.78 is 1.79. The number of carbonyl (C=O) groups excluding carboxylic acids is 2. The number of thiophene rings is 1. The molecule has 6 nitrogen and oxygen atoms in total. The number of nitrogens with one attached hydrogen (secondary N) is 1. The van der Waals surface area contributed by atoms with Crippen molar-refractivity contribution in [2.45, 2.75) is 12.8 Å². The Morgan fingerprint density at radius 3 is 2.52 bits per heavy atom. The fourth-order valence-corrected chi connectivity index (χ4v) is 4.66. The Kier molecular flexibility index (Phi) is 5.56. The molecule has 1 N–H and O–H groups in total. The molecule has 5 rings (SSSR count). The zero-order valence-electron chi connectivity index (χ0n) is 18.5. The predicted octanol–water partition coefficient (Wildman–Crippen LogP) is 4.95. The van der Waals surface area contributed by atoms with Crippen molar-refractivity contribution in [3.8, 4) is 11.1 Å². The normalized spacial score (nSPS) is 13.6. The minimum atomic E-state index is -0.156. The third-order valence-corrected chi connectivity index (χ3v) is 6.94. The summed E-state index contributed by atoms with van der Waals surface area (Å²) in [5, 5.41) is 9.03. The van der Waals surface area contributed by atoms with Crippen molar-refractivity contribution in [2.24, 2.45) is 7.05 Å². The van der Waals surface area contributed by atoms with Crippen LogP contribution < -0.4 is 5.32 Å². The Morgan fingerprint density at radius 2 is 1.85 bits per heavy atom. The largest absolute Gasteiger partial charge is 0.337 e. The third-order valence-electron chi connectivity index (χ3n) is 6.07. The molecule has 1 aliphatic heterocycles. The van der Waals surface area contributed by atoms with Crippen LogP contribution in [-0.4, -0.2) is 39.6 Å². The number of aryl methyl sites for hydroxylation is 2. The second kappa shape index (κ2) is 8.67. The van der Waals surface area contributed by atoms with Crippen molar-refractivity contribution in [1.82, 2.24) is 14.7 Å². The van der Waals surface area contributed by atoms with Gasteiger partial charge in [0.25, 0.3) is 11.8 Å². The maximum absolute atomic E-state index is 13.0. The summed E-state index contributed by atoms with van der Waals surface area (Å²) in [6.07, 6.45) is 3.86. The Bertz CT molecular complexity index is 1300. The molecule has 2 aromatic carbocycles. The average Bonchev–Trinajstić information content (AvgIpc) is 3.47. The van der Waals surface area contributed by atoms with E-state index < -0.39 is 0 Å². The van der Waals surface area contributed by atoms with Gasteiger partial charge in [-0.3, -0.25) is 14.3 Å². The van der Waals surface area contributed by atoms with Crippen LogP contribution in [0.15, 0.2) is 72.4 Å². The quantitative estimate of drug-likeness (QED) is 0.462. The molecule has 0 radical (unpaired) electrons. The van der Waals surface area contributed by atoms with E-state index in [-0.39, 0.29) is 11.8 Å². The van der Waals surface area contributed by atoms with E-state index in [2.05, 4.69) is 34.7 Å².